The average Bonchev–Trinajstić information content (AvgIpc) is 3.06. The third-order valence-corrected chi connectivity index (χ3v) is 4.04. The summed E-state index contributed by atoms with van der Waals surface area (Å²) < 4.78 is 6.87. The smallest absolute Gasteiger partial charge is 0.318 e. The predicted molar refractivity (Wildman–Crippen MR) is 82.2 cm³/mol. The van der Waals surface area contributed by atoms with Crippen LogP contribution in [0, 0.1) is 6.92 Å². The normalized spacial score (nSPS) is 15.6. The zero-order chi connectivity index (χ0) is 15.7. The number of hydrogen-bond acceptors (Lipinski definition) is 3. The Hall–Kier alpha value is -2.24. The Bertz CT molecular complexity index is 643. The second kappa shape index (κ2) is 5.87. The molecule has 0 spiro atoms. The average molecular weight is 302 g/mol. The molecule has 0 aromatic carbocycles. The Morgan fingerprint density at radius 1 is 1.59 bits per heavy atom. The van der Waals surface area contributed by atoms with Gasteiger partial charge in [0.2, 0.25) is 0 Å². The van der Waals surface area contributed by atoms with Gasteiger partial charge in [0.05, 0.1) is 30.8 Å². The van der Waals surface area contributed by atoms with Crippen molar-refractivity contribution in [2.45, 2.75) is 45.3 Å². The number of urea groups is 1. The Morgan fingerprint density at radius 2 is 2.36 bits per heavy atom. The lowest BCUT2D eigenvalue weighted by Gasteiger charge is -2.24. The second-order valence-electron chi connectivity index (χ2n) is 6.01. The Labute approximate surface area is 130 Å². The lowest BCUT2D eigenvalue weighted by Crippen LogP contribution is -2.41. The minimum absolute atomic E-state index is 0.0283. The molecule has 0 radical (unpaired) electrons. The maximum Gasteiger partial charge on any atom is 0.318 e. The molecule has 1 aliphatic rings. The van der Waals surface area contributed by atoms with Crippen molar-refractivity contribution in [2.75, 3.05) is 0 Å². The molecule has 1 unspecified atom stereocenters. The van der Waals surface area contributed by atoms with E-state index >= 15 is 0 Å². The summed E-state index contributed by atoms with van der Waals surface area (Å²) in [5.41, 5.74) is 3.02. The molecule has 0 aliphatic heterocycles. The van der Waals surface area contributed by atoms with Gasteiger partial charge in [-0.2, -0.15) is 5.10 Å². The fraction of sp³-hybridized carbons (Fsp3) is 0.500. The van der Waals surface area contributed by atoms with E-state index in [-0.39, 0.29) is 12.1 Å². The van der Waals surface area contributed by atoms with Crippen molar-refractivity contribution in [1.82, 2.24) is 20.0 Å². The van der Waals surface area contributed by atoms with E-state index in [0.717, 1.165) is 29.7 Å². The lowest BCUT2D eigenvalue weighted by molar-refractivity contribution is 0.188. The molecule has 1 atom stereocenters. The van der Waals surface area contributed by atoms with E-state index in [4.69, 9.17) is 4.42 Å². The molecular formula is C16H22N4O2. The van der Waals surface area contributed by atoms with Crippen LogP contribution in [-0.2, 0) is 13.6 Å². The largest absolute Gasteiger partial charge is 0.472 e. The van der Waals surface area contributed by atoms with E-state index in [9.17, 15) is 4.79 Å². The lowest BCUT2D eigenvalue weighted by atomic mass is 10.1. The van der Waals surface area contributed by atoms with Gasteiger partial charge >= 0.3 is 6.03 Å². The number of carbonyl (C=O) groups is 1. The zero-order valence-electron chi connectivity index (χ0n) is 13.2. The van der Waals surface area contributed by atoms with Crippen LogP contribution >= 0.6 is 0 Å². The van der Waals surface area contributed by atoms with Crippen LogP contribution in [0.15, 0.2) is 29.2 Å². The van der Waals surface area contributed by atoms with Crippen LogP contribution in [0.2, 0.25) is 0 Å². The molecule has 2 amide bonds. The fourth-order valence-corrected chi connectivity index (χ4v) is 2.72. The summed E-state index contributed by atoms with van der Waals surface area (Å²) in [6.45, 7) is 4.54. The second-order valence-corrected chi connectivity index (χ2v) is 6.01. The van der Waals surface area contributed by atoms with Gasteiger partial charge in [0.25, 0.3) is 0 Å². The highest BCUT2D eigenvalue weighted by Gasteiger charge is 2.33. The first-order chi connectivity index (χ1) is 10.5. The Balaban J connectivity index is 1.67. The van der Waals surface area contributed by atoms with Gasteiger partial charge in [0.1, 0.15) is 0 Å². The number of nitrogens with one attached hydrogen (secondary N) is 1. The highest BCUT2D eigenvalue weighted by Crippen LogP contribution is 2.29. The molecule has 6 nitrogen and oxygen atoms in total. The third kappa shape index (κ3) is 3.16. The summed E-state index contributed by atoms with van der Waals surface area (Å²) >= 11 is 0. The van der Waals surface area contributed by atoms with Crippen LogP contribution in [-0.4, -0.2) is 26.8 Å². The first-order valence-electron chi connectivity index (χ1n) is 7.63. The van der Waals surface area contributed by atoms with Gasteiger partial charge in [-0.05, 0) is 32.8 Å². The quantitative estimate of drug-likeness (QED) is 0.923. The zero-order valence-corrected chi connectivity index (χ0v) is 13.2. The minimum Gasteiger partial charge on any atom is -0.472 e. The van der Waals surface area contributed by atoms with Gasteiger partial charge in [-0.25, -0.2) is 4.79 Å². The van der Waals surface area contributed by atoms with Gasteiger partial charge in [0, 0.05) is 30.4 Å². The molecule has 2 aromatic heterocycles. The summed E-state index contributed by atoms with van der Waals surface area (Å²) in [4.78, 5) is 14.5. The number of hydrogen-bond donors (Lipinski definition) is 1. The predicted octanol–water partition coefficient (Wildman–Crippen LogP) is 2.76. The van der Waals surface area contributed by atoms with Crippen LogP contribution in [0.4, 0.5) is 4.79 Å². The Morgan fingerprint density at radius 3 is 2.91 bits per heavy atom. The van der Waals surface area contributed by atoms with Crippen molar-refractivity contribution in [2.24, 2.45) is 7.05 Å². The molecule has 22 heavy (non-hydrogen) atoms. The number of nitrogens with zero attached hydrogens (tertiary/aromatic N) is 3. The van der Waals surface area contributed by atoms with Gasteiger partial charge in [-0.15, -0.1) is 0 Å². The van der Waals surface area contributed by atoms with Crippen molar-refractivity contribution in [3.63, 3.8) is 0 Å². The number of amides is 2. The SMILES string of the molecule is Cc1nn(C)cc1C(C)NC(=O)N(Cc1ccoc1)C1CC1. The van der Waals surface area contributed by atoms with E-state index in [0.29, 0.717) is 12.6 Å². The summed E-state index contributed by atoms with van der Waals surface area (Å²) in [7, 11) is 1.89. The van der Waals surface area contributed by atoms with E-state index in [1.54, 1.807) is 17.2 Å². The molecule has 1 saturated carbocycles. The third-order valence-electron chi connectivity index (χ3n) is 4.04. The van der Waals surface area contributed by atoms with Gasteiger partial charge < -0.3 is 14.6 Å². The maximum absolute atomic E-state index is 12.6. The van der Waals surface area contributed by atoms with Crippen molar-refractivity contribution in [1.29, 1.82) is 0 Å². The molecule has 118 valence electrons. The van der Waals surface area contributed by atoms with E-state index in [1.165, 1.54) is 0 Å². The molecular weight excluding hydrogens is 280 g/mol. The first kappa shape index (κ1) is 14.7. The summed E-state index contributed by atoms with van der Waals surface area (Å²) in [5.74, 6) is 0. The summed E-state index contributed by atoms with van der Waals surface area (Å²) in [6.07, 6.45) is 7.44. The van der Waals surface area contributed by atoms with Crippen molar-refractivity contribution >= 4 is 6.03 Å². The highest BCUT2D eigenvalue weighted by atomic mass is 16.3. The van der Waals surface area contributed by atoms with Crippen molar-refractivity contribution in [3.05, 3.63) is 41.6 Å². The summed E-state index contributed by atoms with van der Waals surface area (Å²) in [6, 6.07) is 2.15. The standard InChI is InChI=1S/C16H22N4O2/c1-11(15-9-19(3)18-12(15)2)17-16(21)20(14-4-5-14)8-13-6-7-22-10-13/h6-7,9-11,14H,4-5,8H2,1-3H3,(H,17,21). The van der Waals surface area contributed by atoms with E-state index in [2.05, 4.69) is 10.4 Å². The molecule has 1 fully saturated rings. The monoisotopic (exact) mass is 302 g/mol. The van der Waals surface area contributed by atoms with Gasteiger partial charge in [-0.3, -0.25) is 4.68 Å². The van der Waals surface area contributed by atoms with Crippen LogP contribution in [0.25, 0.3) is 0 Å². The molecule has 3 rings (SSSR count). The van der Waals surface area contributed by atoms with Crippen molar-refractivity contribution < 1.29 is 9.21 Å². The molecule has 0 bridgehead atoms. The number of carbonyl (C=O) groups excluding carboxylic acids is 1. The first-order valence-corrected chi connectivity index (χ1v) is 7.63. The molecule has 0 saturated heterocycles. The Kier molecular flexibility index (Phi) is 3.92. The maximum atomic E-state index is 12.6. The summed E-state index contributed by atoms with van der Waals surface area (Å²) in [5, 5.41) is 7.42. The van der Waals surface area contributed by atoms with E-state index in [1.807, 2.05) is 38.1 Å². The highest BCUT2D eigenvalue weighted by molar-refractivity contribution is 5.75. The number of aryl methyl sites for hydroxylation is 2. The number of rotatable bonds is 5. The van der Waals surface area contributed by atoms with Crippen LogP contribution < -0.4 is 5.32 Å². The number of aromatic nitrogens is 2. The molecule has 1 aliphatic carbocycles. The molecule has 2 aromatic rings. The van der Waals surface area contributed by atoms with Crippen LogP contribution in [0.1, 0.15) is 42.6 Å². The molecule has 1 N–H and O–H groups in total. The molecule has 2 heterocycles. The minimum atomic E-state index is -0.0631. The van der Waals surface area contributed by atoms with Crippen molar-refractivity contribution in [3.8, 4) is 0 Å². The topological polar surface area (TPSA) is 63.3 Å². The van der Waals surface area contributed by atoms with Gasteiger partial charge in [-0.1, -0.05) is 0 Å². The number of furan rings is 1. The van der Waals surface area contributed by atoms with Gasteiger partial charge in [0.15, 0.2) is 0 Å². The fourth-order valence-electron chi connectivity index (χ4n) is 2.72. The molecule has 6 heteroatoms. The van der Waals surface area contributed by atoms with Crippen LogP contribution in [0.3, 0.4) is 0 Å². The van der Waals surface area contributed by atoms with Crippen LogP contribution in [0.5, 0.6) is 0 Å². The van der Waals surface area contributed by atoms with E-state index < -0.39 is 0 Å².